The molecule has 2 bridgehead atoms. The summed E-state index contributed by atoms with van der Waals surface area (Å²) in [5.41, 5.74) is -0.824. The van der Waals surface area contributed by atoms with Crippen molar-refractivity contribution in [2.75, 3.05) is 27.4 Å². The maximum Gasteiger partial charge on any atom is 0.472 e. The standard InChI is InChI=1S/C8H16BO7P/c1-12-3-8-4-14-5(7(9)15-8)6(8)16-17(10,11)13-2/h5-7H,3-4,9H2,1-2H3,(H,10,11)/t5-,6?,7+,8+/m0/s1. The lowest BCUT2D eigenvalue weighted by Gasteiger charge is -2.30. The van der Waals surface area contributed by atoms with Gasteiger partial charge < -0.3 is 19.1 Å². The van der Waals surface area contributed by atoms with Crippen LogP contribution in [0, 0.1) is 0 Å². The smallest absolute Gasteiger partial charge is 0.381 e. The van der Waals surface area contributed by atoms with Crippen molar-refractivity contribution in [3.63, 3.8) is 0 Å². The summed E-state index contributed by atoms with van der Waals surface area (Å²) in [4.78, 5) is 9.38. The third-order valence-corrected chi connectivity index (χ3v) is 4.04. The summed E-state index contributed by atoms with van der Waals surface area (Å²) < 4.78 is 37.3. The summed E-state index contributed by atoms with van der Waals surface area (Å²) in [6.45, 7) is 0.520. The third-order valence-electron chi connectivity index (χ3n) is 3.09. The van der Waals surface area contributed by atoms with Gasteiger partial charge in [-0.3, -0.25) is 9.05 Å². The van der Waals surface area contributed by atoms with Crippen LogP contribution in [0.3, 0.4) is 0 Å². The van der Waals surface area contributed by atoms with Crippen molar-refractivity contribution in [3.05, 3.63) is 0 Å². The molecule has 2 saturated heterocycles. The van der Waals surface area contributed by atoms with Crippen molar-refractivity contribution in [2.45, 2.75) is 23.8 Å². The van der Waals surface area contributed by atoms with E-state index in [-0.39, 0.29) is 25.3 Å². The first-order valence-electron chi connectivity index (χ1n) is 5.29. The lowest BCUT2D eigenvalue weighted by Crippen LogP contribution is -2.45. The van der Waals surface area contributed by atoms with Gasteiger partial charge in [0, 0.05) is 14.2 Å². The molecule has 2 unspecified atom stereocenters. The molecule has 0 saturated carbocycles. The van der Waals surface area contributed by atoms with Crippen LogP contribution in [0.1, 0.15) is 0 Å². The van der Waals surface area contributed by atoms with E-state index in [2.05, 4.69) is 4.52 Å². The molecule has 0 aromatic rings. The maximum absolute atomic E-state index is 11.5. The zero-order valence-electron chi connectivity index (χ0n) is 9.99. The molecule has 2 fully saturated rings. The zero-order valence-corrected chi connectivity index (χ0v) is 10.9. The quantitative estimate of drug-likeness (QED) is 0.499. The van der Waals surface area contributed by atoms with Crippen LogP contribution in [0.5, 0.6) is 0 Å². The normalized spacial score (nSPS) is 43.8. The Bertz CT molecular complexity index is 340. The summed E-state index contributed by atoms with van der Waals surface area (Å²) in [6.07, 6.45) is -1.03. The molecule has 0 aliphatic carbocycles. The minimum Gasteiger partial charge on any atom is -0.381 e. The van der Waals surface area contributed by atoms with Gasteiger partial charge in [0.05, 0.1) is 19.2 Å². The summed E-state index contributed by atoms with van der Waals surface area (Å²) in [5.74, 6) is 0. The molecule has 0 aromatic heterocycles. The van der Waals surface area contributed by atoms with Gasteiger partial charge in [0.15, 0.2) is 0 Å². The SMILES string of the molecule is B[C@@H]1O[C@]2(COC)CO[C@H]1C2OP(=O)(O)OC. The number of methoxy groups -OCH3 is 1. The number of phosphoric acid groups is 1. The van der Waals surface area contributed by atoms with E-state index in [9.17, 15) is 9.46 Å². The number of phosphoric ester groups is 1. The Morgan fingerprint density at radius 3 is 2.82 bits per heavy atom. The van der Waals surface area contributed by atoms with E-state index in [1.807, 2.05) is 7.85 Å². The molecular formula is C8H16BO7P. The number of rotatable bonds is 5. The Kier molecular flexibility index (Phi) is 3.67. The first-order valence-corrected chi connectivity index (χ1v) is 6.79. The average Bonchev–Trinajstić information content (AvgIpc) is 2.69. The van der Waals surface area contributed by atoms with E-state index in [0.29, 0.717) is 0 Å². The molecule has 5 atom stereocenters. The Balaban J connectivity index is 2.18. The lowest BCUT2D eigenvalue weighted by atomic mass is 9.92. The maximum atomic E-state index is 11.5. The molecule has 2 aliphatic heterocycles. The lowest BCUT2D eigenvalue weighted by molar-refractivity contribution is -0.141. The second-order valence-electron chi connectivity index (χ2n) is 4.27. The van der Waals surface area contributed by atoms with Crippen LogP contribution in [-0.2, 0) is 27.8 Å². The summed E-state index contributed by atoms with van der Waals surface area (Å²) in [7, 11) is 0.405. The molecule has 17 heavy (non-hydrogen) atoms. The van der Waals surface area contributed by atoms with E-state index in [4.69, 9.17) is 18.7 Å². The largest absolute Gasteiger partial charge is 0.472 e. The predicted molar refractivity (Wildman–Crippen MR) is 59.5 cm³/mol. The number of hydrogen-bond donors (Lipinski definition) is 1. The Morgan fingerprint density at radius 2 is 2.29 bits per heavy atom. The average molecular weight is 266 g/mol. The fraction of sp³-hybridized carbons (Fsp3) is 1.00. The Hall–Kier alpha value is 0.0549. The van der Waals surface area contributed by atoms with Crippen LogP contribution in [0.25, 0.3) is 0 Å². The summed E-state index contributed by atoms with van der Waals surface area (Å²) >= 11 is 0. The fourth-order valence-electron chi connectivity index (χ4n) is 2.37. The minimum atomic E-state index is -4.07. The van der Waals surface area contributed by atoms with Crippen LogP contribution in [0.4, 0.5) is 0 Å². The fourth-order valence-corrected chi connectivity index (χ4v) is 3.06. The first-order chi connectivity index (χ1) is 7.94. The monoisotopic (exact) mass is 266 g/mol. The van der Waals surface area contributed by atoms with Gasteiger partial charge in [-0.1, -0.05) is 0 Å². The number of fused-ring (bicyclic) bond motifs is 2. The van der Waals surface area contributed by atoms with Gasteiger partial charge in [0.2, 0.25) is 0 Å². The van der Waals surface area contributed by atoms with E-state index in [0.717, 1.165) is 7.11 Å². The molecule has 0 radical (unpaired) electrons. The van der Waals surface area contributed by atoms with Gasteiger partial charge in [-0.2, -0.15) is 0 Å². The molecular weight excluding hydrogens is 250 g/mol. The molecule has 0 amide bonds. The van der Waals surface area contributed by atoms with Gasteiger partial charge in [-0.15, -0.1) is 0 Å². The van der Waals surface area contributed by atoms with Gasteiger partial charge >= 0.3 is 7.82 Å². The van der Waals surface area contributed by atoms with Crippen LogP contribution in [0.15, 0.2) is 0 Å². The number of hydrogen-bond acceptors (Lipinski definition) is 6. The van der Waals surface area contributed by atoms with Gasteiger partial charge in [0.25, 0.3) is 0 Å². The molecule has 7 nitrogen and oxygen atoms in total. The van der Waals surface area contributed by atoms with Gasteiger partial charge in [-0.05, 0) is 0 Å². The summed E-state index contributed by atoms with van der Waals surface area (Å²) in [5, 5.41) is 0. The molecule has 0 spiro atoms. The molecule has 2 heterocycles. The highest BCUT2D eigenvalue weighted by molar-refractivity contribution is 7.47. The van der Waals surface area contributed by atoms with Crippen LogP contribution >= 0.6 is 7.82 Å². The Labute approximate surface area is 100 Å². The summed E-state index contributed by atoms with van der Waals surface area (Å²) in [6, 6.07) is -0.208. The highest BCUT2D eigenvalue weighted by Gasteiger charge is 2.62. The van der Waals surface area contributed by atoms with Crippen molar-refractivity contribution in [3.8, 4) is 0 Å². The zero-order chi connectivity index (χ0) is 12.7. The van der Waals surface area contributed by atoms with Crippen molar-refractivity contribution >= 4 is 15.7 Å². The van der Waals surface area contributed by atoms with Crippen LogP contribution in [0.2, 0.25) is 0 Å². The second kappa shape index (κ2) is 4.62. The van der Waals surface area contributed by atoms with Crippen molar-refractivity contribution in [2.24, 2.45) is 0 Å². The molecule has 9 heteroatoms. The predicted octanol–water partition coefficient (Wildman–Crippen LogP) is -1.11. The highest BCUT2D eigenvalue weighted by Crippen LogP contribution is 2.51. The first kappa shape index (κ1) is 13.5. The van der Waals surface area contributed by atoms with Crippen molar-refractivity contribution in [1.82, 2.24) is 0 Å². The third kappa shape index (κ3) is 2.31. The molecule has 98 valence electrons. The topological polar surface area (TPSA) is 83.5 Å². The Morgan fingerprint density at radius 1 is 1.59 bits per heavy atom. The van der Waals surface area contributed by atoms with Crippen LogP contribution in [-0.4, -0.2) is 64.0 Å². The molecule has 1 N–H and O–H groups in total. The number of ether oxygens (including phenoxy) is 3. The minimum absolute atomic E-state index is 0.208. The second-order valence-corrected chi connectivity index (χ2v) is 5.79. The van der Waals surface area contributed by atoms with E-state index in [1.54, 1.807) is 0 Å². The molecule has 2 rings (SSSR count). The van der Waals surface area contributed by atoms with E-state index < -0.39 is 19.5 Å². The van der Waals surface area contributed by atoms with Gasteiger partial charge in [-0.25, -0.2) is 4.57 Å². The van der Waals surface area contributed by atoms with Crippen molar-refractivity contribution < 1.29 is 32.7 Å². The highest BCUT2D eigenvalue weighted by atomic mass is 31.2. The van der Waals surface area contributed by atoms with Crippen LogP contribution < -0.4 is 0 Å². The van der Waals surface area contributed by atoms with E-state index in [1.165, 1.54) is 7.11 Å². The van der Waals surface area contributed by atoms with Crippen molar-refractivity contribution in [1.29, 1.82) is 0 Å². The molecule has 0 aromatic carbocycles. The van der Waals surface area contributed by atoms with E-state index >= 15 is 0 Å². The molecule has 2 aliphatic rings. The van der Waals surface area contributed by atoms with Gasteiger partial charge in [0.1, 0.15) is 25.7 Å².